The molecule has 0 aliphatic heterocycles. The summed E-state index contributed by atoms with van der Waals surface area (Å²) in [5.74, 6) is 0. The van der Waals surface area contributed by atoms with E-state index in [9.17, 15) is 0 Å². The van der Waals surface area contributed by atoms with Crippen LogP contribution in [0.15, 0.2) is 0 Å². The molecule has 0 aliphatic rings. The van der Waals surface area contributed by atoms with Gasteiger partial charge in [-0.05, 0) is 26.9 Å². The number of rotatable bonds is 3. The highest BCUT2D eigenvalue weighted by Crippen LogP contribution is 1.86. The molecule has 0 N–H and O–H groups in total. The SMILES string of the molecule is C[CH]N(C)CCC. The van der Waals surface area contributed by atoms with Crippen LogP contribution in [0.4, 0.5) is 0 Å². The highest BCUT2D eigenvalue weighted by Gasteiger charge is 1.87. The van der Waals surface area contributed by atoms with Crippen LogP contribution in [-0.4, -0.2) is 18.5 Å². The standard InChI is InChI=1S/C6H14N/c1-4-6-7(3)5-2/h5H,4,6H2,1-3H3. The second-order valence-corrected chi connectivity index (χ2v) is 1.74. The fourth-order valence-corrected chi connectivity index (χ4v) is 0.482. The first-order chi connectivity index (χ1) is 3.31. The Kier molecular flexibility index (Phi) is 4.10. The zero-order valence-electron chi connectivity index (χ0n) is 5.44. The van der Waals surface area contributed by atoms with Crippen molar-refractivity contribution in [3.8, 4) is 0 Å². The largest absolute Gasteiger partial charge is 0.302 e. The summed E-state index contributed by atoms with van der Waals surface area (Å²) in [4.78, 5) is 2.18. The van der Waals surface area contributed by atoms with Crippen molar-refractivity contribution in [2.24, 2.45) is 0 Å². The molecule has 0 fully saturated rings. The summed E-state index contributed by atoms with van der Waals surface area (Å²) in [6, 6.07) is 0. The topological polar surface area (TPSA) is 3.24 Å². The molecule has 0 bridgehead atoms. The van der Waals surface area contributed by atoms with Gasteiger partial charge in [-0.15, -0.1) is 0 Å². The number of hydrogen-bond donors (Lipinski definition) is 0. The highest BCUT2D eigenvalue weighted by atomic mass is 15.1. The average molecular weight is 100 g/mol. The van der Waals surface area contributed by atoms with E-state index >= 15 is 0 Å². The molecule has 7 heavy (non-hydrogen) atoms. The van der Waals surface area contributed by atoms with E-state index in [-0.39, 0.29) is 0 Å². The van der Waals surface area contributed by atoms with Crippen LogP contribution in [0.25, 0.3) is 0 Å². The molecule has 0 saturated carbocycles. The van der Waals surface area contributed by atoms with Gasteiger partial charge in [0.25, 0.3) is 0 Å². The maximum atomic E-state index is 2.18. The molecule has 1 heteroatoms. The van der Waals surface area contributed by atoms with Gasteiger partial charge >= 0.3 is 0 Å². The second kappa shape index (κ2) is 4.13. The van der Waals surface area contributed by atoms with Crippen LogP contribution >= 0.6 is 0 Å². The Morgan fingerprint density at radius 3 is 2.29 bits per heavy atom. The molecular weight excluding hydrogens is 86.1 g/mol. The normalized spacial score (nSPS) is 10.3. The highest BCUT2D eigenvalue weighted by molar-refractivity contribution is 4.54. The lowest BCUT2D eigenvalue weighted by Gasteiger charge is -2.09. The van der Waals surface area contributed by atoms with Crippen molar-refractivity contribution >= 4 is 0 Å². The Morgan fingerprint density at radius 2 is 2.14 bits per heavy atom. The van der Waals surface area contributed by atoms with Gasteiger partial charge in [-0.3, -0.25) is 0 Å². The number of nitrogens with zero attached hydrogens (tertiary/aromatic N) is 1. The third-order valence-corrected chi connectivity index (χ3v) is 1.02. The monoisotopic (exact) mass is 100 g/mol. The average Bonchev–Trinajstić information content (AvgIpc) is 1.68. The van der Waals surface area contributed by atoms with E-state index in [2.05, 4.69) is 32.3 Å². The van der Waals surface area contributed by atoms with Crippen molar-refractivity contribution in [1.82, 2.24) is 4.90 Å². The molecule has 43 valence electrons. The number of hydrogen-bond acceptors (Lipinski definition) is 1. The van der Waals surface area contributed by atoms with Gasteiger partial charge in [0.05, 0.1) is 0 Å². The molecule has 0 aromatic carbocycles. The molecule has 0 aliphatic carbocycles. The predicted molar refractivity (Wildman–Crippen MR) is 32.9 cm³/mol. The van der Waals surface area contributed by atoms with Gasteiger partial charge in [0.1, 0.15) is 0 Å². The summed E-state index contributed by atoms with van der Waals surface area (Å²) in [7, 11) is 2.09. The lowest BCUT2D eigenvalue weighted by atomic mass is 10.4. The summed E-state index contributed by atoms with van der Waals surface area (Å²) in [5.41, 5.74) is 0. The van der Waals surface area contributed by atoms with Gasteiger partial charge < -0.3 is 4.90 Å². The van der Waals surface area contributed by atoms with Crippen LogP contribution in [-0.2, 0) is 0 Å². The molecule has 0 rings (SSSR count). The zero-order valence-corrected chi connectivity index (χ0v) is 5.44. The van der Waals surface area contributed by atoms with Gasteiger partial charge in [0.2, 0.25) is 0 Å². The molecular formula is C6H14N. The van der Waals surface area contributed by atoms with Crippen molar-refractivity contribution < 1.29 is 0 Å². The molecule has 0 atom stereocenters. The minimum absolute atomic E-state index is 1.18. The maximum Gasteiger partial charge on any atom is 0.0217 e. The van der Waals surface area contributed by atoms with Gasteiger partial charge in [0.15, 0.2) is 0 Å². The first kappa shape index (κ1) is 6.96. The summed E-state index contributed by atoms with van der Waals surface area (Å²) >= 11 is 0. The Morgan fingerprint density at radius 1 is 1.57 bits per heavy atom. The van der Waals surface area contributed by atoms with Crippen molar-refractivity contribution in [1.29, 1.82) is 0 Å². The Hall–Kier alpha value is -0.0400. The van der Waals surface area contributed by atoms with Crippen molar-refractivity contribution in [2.45, 2.75) is 20.3 Å². The lowest BCUT2D eigenvalue weighted by Crippen LogP contribution is -2.13. The zero-order chi connectivity index (χ0) is 5.70. The van der Waals surface area contributed by atoms with Gasteiger partial charge in [0, 0.05) is 6.54 Å². The predicted octanol–water partition coefficient (Wildman–Crippen LogP) is 1.51. The van der Waals surface area contributed by atoms with Gasteiger partial charge in [-0.2, -0.15) is 0 Å². The Bertz CT molecular complexity index is 35.2. The Labute approximate surface area is 46.3 Å². The molecule has 0 aromatic rings. The second-order valence-electron chi connectivity index (χ2n) is 1.74. The van der Waals surface area contributed by atoms with E-state index in [1.54, 1.807) is 0 Å². The molecule has 1 radical (unpaired) electrons. The van der Waals surface area contributed by atoms with E-state index in [0.717, 1.165) is 0 Å². The molecule has 0 heterocycles. The van der Waals surface area contributed by atoms with Crippen LogP contribution < -0.4 is 0 Å². The Balaban J connectivity index is 2.83. The third-order valence-electron chi connectivity index (χ3n) is 1.02. The fraction of sp³-hybridized carbons (Fsp3) is 0.833. The minimum Gasteiger partial charge on any atom is -0.302 e. The fourth-order valence-electron chi connectivity index (χ4n) is 0.482. The summed E-state index contributed by atoms with van der Waals surface area (Å²) in [6.07, 6.45) is 1.24. The first-order valence-corrected chi connectivity index (χ1v) is 2.81. The lowest BCUT2D eigenvalue weighted by molar-refractivity contribution is 0.410. The maximum absolute atomic E-state index is 2.18. The van der Waals surface area contributed by atoms with Crippen molar-refractivity contribution in [3.63, 3.8) is 0 Å². The van der Waals surface area contributed by atoms with Crippen LogP contribution in [0, 0.1) is 6.54 Å². The van der Waals surface area contributed by atoms with Crippen molar-refractivity contribution in [3.05, 3.63) is 6.54 Å². The quantitative estimate of drug-likeness (QED) is 0.519. The smallest absolute Gasteiger partial charge is 0.0217 e. The van der Waals surface area contributed by atoms with Crippen LogP contribution in [0.3, 0.4) is 0 Å². The van der Waals surface area contributed by atoms with E-state index < -0.39 is 0 Å². The van der Waals surface area contributed by atoms with E-state index in [4.69, 9.17) is 0 Å². The molecule has 0 saturated heterocycles. The summed E-state index contributed by atoms with van der Waals surface area (Å²) in [5, 5.41) is 0. The van der Waals surface area contributed by atoms with E-state index in [0.29, 0.717) is 0 Å². The van der Waals surface area contributed by atoms with Crippen LogP contribution in [0.2, 0.25) is 0 Å². The molecule has 0 aromatic heterocycles. The minimum atomic E-state index is 1.18. The molecule has 1 nitrogen and oxygen atoms in total. The first-order valence-electron chi connectivity index (χ1n) is 2.81. The molecule has 0 spiro atoms. The van der Waals surface area contributed by atoms with E-state index in [1.807, 2.05) is 0 Å². The van der Waals surface area contributed by atoms with Gasteiger partial charge in [-0.25, -0.2) is 0 Å². The van der Waals surface area contributed by atoms with Crippen LogP contribution in [0.1, 0.15) is 20.3 Å². The van der Waals surface area contributed by atoms with E-state index in [1.165, 1.54) is 13.0 Å². The van der Waals surface area contributed by atoms with Crippen LogP contribution in [0.5, 0.6) is 0 Å². The molecule has 0 unspecified atom stereocenters. The third kappa shape index (κ3) is 3.80. The summed E-state index contributed by atoms with van der Waals surface area (Å²) < 4.78 is 0. The van der Waals surface area contributed by atoms with Gasteiger partial charge in [-0.1, -0.05) is 6.92 Å². The van der Waals surface area contributed by atoms with Crippen molar-refractivity contribution in [2.75, 3.05) is 13.6 Å². The molecule has 0 amide bonds. The summed E-state index contributed by atoms with van der Waals surface area (Å²) in [6.45, 7) is 7.50.